The number of guanidine groups is 1. The first-order valence-electron chi connectivity index (χ1n) is 12.1. The molecular formula is C29H31N5O2. The van der Waals surface area contributed by atoms with E-state index in [-0.39, 0.29) is 23.3 Å². The van der Waals surface area contributed by atoms with Gasteiger partial charge in [-0.15, -0.1) is 4.99 Å². The van der Waals surface area contributed by atoms with Gasteiger partial charge in [0.15, 0.2) is 0 Å². The number of hydrogen-bond donors (Lipinski definition) is 2. The highest BCUT2D eigenvalue weighted by molar-refractivity contribution is 5.97. The number of nitrogens with zero attached hydrogens (tertiary/aromatic N) is 3. The van der Waals surface area contributed by atoms with Gasteiger partial charge in [0.2, 0.25) is 12.2 Å². The molecule has 0 atom stereocenters. The maximum Gasteiger partial charge on any atom is 0.255 e. The quantitative estimate of drug-likeness (QED) is 0.286. The number of para-hydroxylation sites is 2. The first-order chi connectivity index (χ1) is 17.5. The lowest BCUT2D eigenvalue weighted by atomic mass is 9.68. The van der Waals surface area contributed by atoms with Crippen molar-refractivity contribution in [3.8, 4) is 17.7 Å². The summed E-state index contributed by atoms with van der Waals surface area (Å²) in [4.78, 5) is 18.9. The second-order valence-electron chi connectivity index (χ2n) is 9.15. The SMILES string of the molecule is CN(C(N)=NC#N)[C@H]1CC[C@](CNC(=O)c2ccccc2Oc2ccccc2)(c2ccccc2)CC1. The van der Waals surface area contributed by atoms with E-state index < -0.39 is 0 Å². The van der Waals surface area contributed by atoms with E-state index in [2.05, 4.69) is 22.4 Å². The predicted octanol–water partition coefficient (Wildman–Crippen LogP) is 4.82. The molecule has 36 heavy (non-hydrogen) atoms. The molecule has 0 unspecified atom stereocenters. The van der Waals surface area contributed by atoms with Crippen molar-refractivity contribution < 1.29 is 9.53 Å². The molecular weight excluding hydrogens is 450 g/mol. The summed E-state index contributed by atoms with van der Waals surface area (Å²) in [6, 6.07) is 27.3. The Kier molecular flexibility index (Phi) is 7.86. The second-order valence-corrected chi connectivity index (χ2v) is 9.15. The minimum atomic E-state index is -0.204. The van der Waals surface area contributed by atoms with Gasteiger partial charge in [0.1, 0.15) is 11.5 Å². The summed E-state index contributed by atoms with van der Waals surface area (Å²) in [6.45, 7) is 0.508. The summed E-state index contributed by atoms with van der Waals surface area (Å²) in [5.41, 5.74) is 7.46. The number of nitriles is 1. The first-order valence-corrected chi connectivity index (χ1v) is 12.1. The molecule has 0 aliphatic heterocycles. The molecule has 0 spiro atoms. The third kappa shape index (κ3) is 5.66. The summed E-state index contributed by atoms with van der Waals surface area (Å²) in [6.07, 6.45) is 5.24. The largest absolute Gasteiger partial charge is 0.457 e. The van der Waals surface area contributed by atoms with Gasteiger partial charge in [-0.2, -0.15) is 5.26 Å². The predicted molar refractivity (Wildman–Crippen MR) is 141 cm³/mol. The molecule has 1 aliphatic carbocycles. The fraction of sp³-hybridized carbons (Fsp3) is 0.276. The molecule has 184 valence electrons. The fourth-order valence-corrected chi connectivity index (χ4v) is 4.92. The van der Waals surface area contributed by atoms with E-state index in [0.29, 0.717) is 23.6 Å². The number of nitrogens with two attached hydrogens (primary N) is 1. The first kappa shape index (κ1) is 24.8. The Morgan fingerprint density at radius 1 is 1.06 bits per heavy atom. The highest BCUT2D eigenvalue weighted by Gasteiger charge is 2.38. The maximum atomic E-state index is 13.3. The van der Waals surface area contributed by atoms with Crippen LogP contribution in [-0.2, 0) is 5.41 Å². The zero-order valence-electron chi connectivity index (χ0n) is 20.4. The summed E-state index contributed by atoms with van der Waals surface area (Å²) >= 11 is 0. The Morgan fingerprint density at radius 3 is 2.33 bits per heavy atom. The normalized spacial score (nSPS) is 19.7. The van der Waals surface area contributed by atoms with Gasteiger partial charge in [-0.05, 0) is 55.5 Å². The Labute approximate surface area is 212 Å². The Morgan fingerprint density at radius 2 is 1.67 bits per heavy atom. The van der Waals surface area contributed by atoms with Crippen LogP contribution in [-0.4, -0.2) is 36.4 Å². The van der Waals surface area contributed by atoms with Crippen LogP contribution < -0.4 is 15.8 Å². The van der Waals surface area contributed by atoms with Gasteiger partial charge in [0.25, 0.3) is 5.91 Å². The van der Waals surface area contributed by atoms with Crippen LogP contribution in [0.15, 0.2) is 89.9 Å². The molecule has 0 radical (unpaired) electrons. The number of amides is 1. The lowest BCUT2D eigenvalue weighted by Crippen LogP contribution is -2.49. The lowest BCUT2D eigenvalue weighted by molar-refractivity contribution is 0.0928. The molecule has 3 N–H and O–H groups in total. The number of aliphatic imine (C=N–C) groups is 1. The fourth-order valence-electron chi connectivity index (χ4n) is 4.92. The van der Waals surface area contributed by atoms with E-state index >= 15 is 0 Å². The van der Waals surface area contributed by atoms with Crippen LogP contribution in [0.1, 0.15) is 41.6 Å². The van der Waals surface area contributed by atoms with Crippen LogP contribution in [0.2, 0.25) is 0 Å². The highest BCUT2D eigenvalue weighted by Crippen LogP contribution is 2.40. The smallest absolute Gasteiger partial charge is 0.255 e. The summed E-state index contributed by atoms with van der Waals surface area (Å²) < 4.78 is 6.00. The molecule has 0 aromatic heterocycles. The minimum absolute atomic E-state index is 0.165. The minimum Gasteiger partial charge on any atom is -0.457 e. The van der Waals surface area contributed by atoms with Gasteiger partial charge in [0.05, 0.1) is 5.56 Å². The molecule has 1 amide bonds. The molecule has 0 saturated heterocycles. The number of nitrogens with one attached hydrogen (secondary N) is 1. The van der Waals surface area contributed by atoms with Gasteiger partial charge in [0, 0.05) is 25.0 Å². The molecule has 1 saturated carbocycles. The van der Waals surface area contributed by atoms with Gasteiger partial charge in [-0.1, -0.05) is 60.7 Å². The van der Waals surface area contributed by atoms with Crippen molar-refractivity contribution in [2.24, 2.45) is 10.7 Å². The standard InChI is InChI=1S/C29H31N5O2/c1-34(28(31)33-21-30)23-16-18-29(19-17-23,22-10-4-2-5-11-22)20-32-27(35)25-14-8-9-15-26(25)36-24-12-6-3-7-13-24/h2-15,23H,16-20H2,1H3,(H2,31,33)(H,32,35)/t23-,29-. The molecule has 7 nitrogen and oxygen atoms in total. The Hall–Kier alpha value is -4.31. The van der Waals surface area contributed by atoms with Crippen LogP contribution in [0.3, 0.4) is 0 Å². The van der Waals surface area contributed by atoms with Crippen molar-refractivity contribution in [2.45, 2.75) is 37.1 Å². The van der Waals surface area contributed by atoms with E-state index in [9.17, 15) is 4.79 Å². The van der Waals surface area contributed by atoms with Gasteiger partial charge in [-0.25, -0.2) is 0 Å². The number of hydrogen-bond acceptors (Lipinski definition) is 4. The van der Waals surface area contributed by atoms with Gasteiger partial charge < -0.3 is 20.7 Å². The van der Waals surface area contributed by atoms with Crippen molar-refractivity contribution in [3.63, 3.8) is 0 Å². The van der Waals surface area contributed by atoms with Crippen LogP contribution in [0, 0.1) is 11.5 Å². The molecule has 0 bridgehead atoms. The van der Waals surface area contributed by atoms with E-state index in [1.165, 1.54) is 5.56 Å². The summed E-state index contributed by atoms with van der Waals surface area (Å²) in [5, 5.41) is 12.0. The number of benzene rings is 3. The van der Waals surface area contributed by atoms with E-state index in [1.807, 2.05) is 78.7 Å². The molecule has 1 fully saturated rings. The maximum absolute atomic E-state index is 13.3. The van der Waals surface area contributed by atoms with Crippen LogP contribution in [0.5, 0.6) is 11.5 Å². The molecule has 7 heteroatoms. The van der Waals surface area contributed by atoms with Crippen molar-refractivity contribution in [2.75, 3.05) is 13.6 Å². The van der Waals surface area contributed by atoms with Crippen LogP contribution in [0.4, 0.5) is 0 Å². The number of carbonyl (C=O) groups is 1. The Balaban J connectivity index is 1.50. The van der Waals surface area contributed by atoms with Crippen molar-refractivity contribution in [1.29, 1.82) is 5.26 Å². The topological polar surface area (TPSA) is 104 Å². The van der Waals surface area contributed by atoms with E-state index in [0.717, 1.165) is 25.7 Å². The molecule has 1 aliphatic rings. The third-order valence-corrected chi connectivity index (χ3v) is 7.06. The third-order valence-electron chi connectivity index (χ3n) is 7.06. The number of ether oxygens (including phenoxy) is 1. The molecule has 3 aromatic carbocycles. The zero-order chi connectivity index (χ0) is 25.4. The monoisotopic (exact) mass is 481 g/mol. The summed E-state index contributed by atoms with van der Waals surface area (Å²) in [5.74, 6) is 1.27. The van der Waals surface area contributed by atoms with E-state index in [1.54, 1.807) is 12.3 Å². The Bertz CT molecular complexity index is 1230. The lowest BCUT2D eigenvalue weighted by Gasteiger charge is -2.43. The van der Waals surface area contributed by atoms with E-state index in [4.69, 9.17) is 15.7 Å². The number of carbonyl (C=O) groups excluding carboxylic acids is 1. The highest BCUT2D eigenvalue weighted by atomic mass is 16.5. The molecule has 0 heterocycles. The van der Waals surface area contributed by atoms with Crippen molar-refractivity contribution in [1.82, 2.24) is 10.2 Å². The second kappa shape index (κ2) is 11.4. The zero-order valence-corrected chi connectivity index (χ0v) is 20.4. The summed E-state index contributed by atoms with van der Waals surface area (Å²) in [7, 11) is 1.88. The van der Waals surface area contributed by atoms with Gasteiger partial charge >= 0.3 is 0 Å². The van der Waals surface area contributed by atoms with Crippen molar-refractivity contribution >= 4 is 11.9 Å². The number of rotatable bonds is 7. The van der Waals surface area contributed by atoms with Crippen molar-refractivity contribution in [3.05, 3.63) is 96.1 Å². The van der Waals surface area contributed by atoms with Gasteiger partial charge in [-0.3, -0.25) is 4.79 Å². The van der Waals surface area contributed by atoms with Crippen LogP contribution >= 0.6 is 0 Å². The average molecular weight is 482 g/mol. The average Bonchev–Trinajstić information content (AvgIpc) is 2.93. The molecule has 3 aromatic rings. The van der Waals surface area contributed by atoms with Crippen LogP contribution in [0.25, 0.3) is 0 Å². The molecule has 4 rings (SSSR count).